The van der Waals surface area contributed by atoms with Gasteiger partial charge >= 0.3 is 0 Å². The van der Waals surface area contributed by atoms with Crippen LogP contribution in [0.2, 0.25) is 0 Å². The van der Waals surface area contributed by atoms with E-state index in [0.29, 0.717) is 11.6 Å². The van der Waals surface area contributed by atoms with Gasteiger partial charge in [0.15, 0.2) is 0 Å². The maximum Gasteiger partial charge on any atom is 0.293 e. The van der Waals surface area contributed by atoms with Crippen molar-refractivity contribution in [2.75, 3.05) is 5.32 Å². The molecule has 0 amide bonds. The lowest BCUT2D eigenvalue weighted by atomic mass is 10.2. The highest BCUT2D eigenvalue weighted by Gasteiger charge is 2.30. The molecule has 0 aromatic heterocycles. The number of hydrogen-bond acceptors (Lipinski definition) is 5. The van der Waals surface area contributed by atoms with E-state index in [2.05, 4.69) is 10.0 Å². The van der Waals surface area contributed by atoms with Crippen molar-refractivity contribution >= 4 is 21.4 Å². The average Bonchev–Trinajstić information content (AvgIpc) is 3.21. The molecule has 0 unspecified atom stereocenters. The molecule has 1 saturated carbocycles. The molecule has 0 aliphatic heterocycles. The van der Waals surface area contributed by atoms with E-state index in [1.54, 1.807) is 13.8 Å². The van der Waals surface area contributed by atoms with E-state index in [9.17, 15) is 18.5 Å². The van der Waals surface area contributed by atoms with Crippen LogP contribution in [0.4, 0.5) is 11.4 Å². The van der Waals surface area contributed by atoms with Crippen molar-refractivity contribution in [2.45, 2.75) is 50.6 Å². The minimum absolute atomic E-state index is 0.0995. The largest absolute Gasteiger partial charge is 0.377 e. The van der Waals surface area contributed by atoms with Crippen molar-refractivity contribution < 1.29 is 13.3 Å². The number of nitro groups is 1. The number of nitro benzene ring substituents is 1. The maximum absolute atomic E-state index is 12.1. The van der Waals surface area contributed by atoms with Gasteiger partial charge in [-0.15, -0.1) is 0 Å². The van der Waals surface area contributed by atoms with Gasteiger partial charge in [0.05, 0.1) is 9.82 Å². The number of rotatable bonds is 7. The number of nitrogens with one attached hydrogen (secondary N) is 2. The van der Waals surface area contributed by atoms with Gasteiger partial charge in [-0.3, -0.25) is 10.1 Å². The Morgan fingerprint density at radius 3 is 2.41 bits per heavy atom. The highest BCUT2D eigenvalue weighted by atomic mass is 32.2. The summed E-state index contributed by atoms with van der Waals surface area (Å²) in [6, 6.07) is 3.81. The van der Waals surface area contributed by atoms with E-state index >= 15 is 0 Å². The number of anilines is 1. The smallest absolute Gasteiger partial charge is 0.293 e. The lowest BCUT2D eigenvalue weighted by Gasteiger charge is -2.15. The lowest BCUT2D eigenvalue weighted by Crippen LogP contribution is -2.30. The van der Waals surface area contributed by atoms with Crippen LogP contribution < -0.4 is 10.0 Å². The van der Waals surface area contributed by atoms with E-state index in [4.69, 9.17) is 0 Å². The molecule has 1 aromatic rings. The quantitative estimate of drug-likeness (QED) is 0.592. The van der Waals surface area contributed by atoms with Gasteiger partial charge in [-0.25, -0.2) is 13.1 Å². The van der Waals surface area contributed by atoms with Crippen molar-refractivity contribution in [1.82, 2.24) is 4.72 Å². The summed E-state index contributed by atoms with van der Waals surface area (Å²) in [7, 11) is -3.75. The van der Waals surface area contributed by atoms with Gasteiger partial charge in [-0.2, -0.15) is 0 Å². The summed E-state index contributed by atoms with van der Waals surface area (Å²) < 4.78 is 26.6. The molecule has 0 radical (unpaired) electrons. The van der Waals surface area contributed by atoms with E-state index in [1.807, 2.05) is 6.92 Å². The summed E-state index contributed by atoms with van der Waals surface area (Å²) in [6.07, 6.45) is 2.24. The molecule has 122 valence electrons. The first kappa shape index (κ1) is 16.7. The molecule has 0 bridgehead atoms. The minimum Gasteiger partial charge on any atom is -0.377 e. The van der Waals surface area contributed by atoms with Crippen molar-refractivity contribution in [2.24, 2.45) is 5.92 Å². The van der Waals surface area contributed by atoms with Crippen molar-refractivity contribution in [3.05, 3.63) is 28.3 Å². The summed E-state index contributed by atoms with van der Waals surface area (Å²) >= 11 is 0. The van der Waals surface area contributed by atoms with Gasteiger partial charge in [0, 0.05) is 18.2 Å². The van der Waals surface area contributed by atoms with Crippen LogP contribution in [0.25, 0.3) is 0 Å². The molecule has 22 heavy (non-hydrogen) atoms. The summed E-state index contributed by atoms with van der Waals surface area (Å²) in [5.41, 5.74) is 0.132. The van der Waals surface area contributed by atoms with E-state index in [-0.39, 0.29) is 22.7 Å². The molecule has 1 aliphatic carbocycles. The van der Waals surface area contributed by atoms with Gasteiger partial charge in [0.25, 0.3) is 5.69 Å². The minimum atomic E-state index is -3.75. The summed E-state index contributed by atoms with van der Waals surface area (Å²) in [6.45, 7) is 5.37. The zero-order chi connectivity index (χ0) is 16.5. The first-order valence-electron chi connectivity index (χ1n) is 7.28. The predicted molar refractivity (Wildman–Crippen MR) is 84.4 cm³/mol. The Hall–Kier alpha value is -1.67. The molecular weight excluding hydrogens is 306 g/mol. The Kier molecular flexibility index (Phi) is 4.72. The molecule has 1 atom stereocenters. The molecule has 8 heteroatoms. The third-order valence-electron chi connectivity index (χ3n) is 3.58. The van der Waals surface area contributed by atoms with E-state index in [1.165, 1.54) is 12.1 Å². The monoisotopic (exact) mass is 327 g/mol. The van der Waals surface area contributed by atoms with Gasteiger partial charge < -0.3 is 5.32 Å². The Morgan fingerprint density at radius 1 is 1.27 bits per heavy atom. The fourth-order valence-corrected chi connectivity index (χ4v) is 3.56. The SMILES string of the molecule is CC(C)NS(=O)(=O)c1ccc(N[C@H](C)C2CC2)c([N+](=O)[O-])c1. The molecule has 0 saturated heterocycles. The van der Waals surface area contributed by atoms with Crippen LogP contribution in [0.15, 0.2) is 23.1 Å². The number of benzene rings is 1. The second-order valence-corrected chi connectivity index (χ2v) is 7.70. The van der Waals surface area contributed by atoms with Gasteiger partial charge in [0.1, 0.15) is 5.69 Å². The van der Waals surface area contributed by atoms with E-state index in [0.717, 1.165) is 18.9 Å². The van der Waals surface area contributed by atoms with Crippen molar-refractivity contribution in [1.29, 1.82) is 0 Å². The van der Waals surface area contributed by atoms with Crippen LogP contribution >= 0.6 is 0 Å². The van der Waals surface area contributed by atoms with Crippen molar-refractivity contribution in [3.8, 4) is 0 Å². The Morgan fingerprint density at radius 2 is 1.91 bits per heavy atom. The van der Waals surface area contributed by atoms with Gasteiger partial charge in [0.2, 0.25) is 10.0 Å². The van der Waals surface area contributed by atoms with Crippen LogP contribution in [-0.4, -0.2) is 25.4 Å². The zero-order valence-electron chi connectivity index (χ0n) is 12.9. The molecule has 7 nitrogen and oxygen atoms in total. The first-order valence-corrected chi connectivity index (χ1v) is 8.76. The molecular formula is C14H21N3O4S. The number of nitrogens with zero attached hydrogens (tertiary/aromatic N) is 1. The number of hydrogen-bond donors (Lipinski definition) is 2. The molecule has 2 N–H and O–H groups in total. The summed E-state index contributed by atoms with van der Waals surface area (Å²) in [5.74, 6) is 0.533. The third-order valence-corrected chi connectivity index (χ3v) is 5.24. The normalized spacial score (nSPS) is 16.5. The fourth-order valence-electron chi connectivity index (χ4n) is 2.29. The highest BCUT2D eigenvalue weighted by molar-refractivity contribution is 7.89. The lowest BCUT2D eigenvalue weighted by molar-refractivity contribution is -0.384. The molecule has 1 fully saturated rings. The first-order chi connectivity index (χ1) is 10.2. The highest BCUT2D eigenvalue weighted by Crippen LogP contribution is 2.36. The van der Waals surface area contributed by atoms with Crippen LogP contribution in [-0.2, 0) is 10.0 Å². The average molecular weight is 327 g/mol. The summed E-state index contributed by atoms with van der Waals surface area (Å²) in [5, 5.41) is 14.4. The van der Waals surface area contributed by atoms with Gasteiger partial charge in [-0.05, 0) is 51.7 Å². The molecule has 0 heterocycles. The Labute approximate surface area is 130 Å². The summed E-state index contributed by atoms with van der Waals surface area (Å²) in [4.78, 5) is 10.6. The van der Waals surface area contributed by atoms with Gasteiger partial charge in [-0.1, -0.05) is 0 Å². The topological polar surface area (TPSA) is 101 Å². The molecule has 1 aromatic carbocycles. The van der Waals surface area contributed by atoms with Crippen molar-refractivity contribution in [3.63, 3.8) is 0 Å². The Balaban J connectivity index is 2.32. The van der Waals surface area contributed by atoms with Crippen LogP contribution in [0.5, 0.6) is 0 Å². The Bertz CT molecular complexity index is 669. The molecule has 1 aliphatic rings. The predicted octanol–water partition coefficient (Wildman–Crippen LogP) is 2.49. The van der Waals surface area contributed by atoms with Crippen LogP contribution in [0.3, 0.4) is 0 Å². The zero-order valence-corrected chi connectivity index (χ0v) is 13.7. The second kappa shape index (κ2) is 6.21. The maximum atomic E-state index is 12.1. The molecule has 2 rings (SSSR count). The molecule has 0 spiro atoms. The number of sulfonamides is 1. The fraction of sp³-hybridized carbons (Fsp3) is 0.571. The van der Waals surface area contributed by atoms with Crippen LogP contribution in [0.1, 0.15) is 33.6 Å². The third kappa shape index (κ3) is 3.95. The second-order valence-electron chi connectivity index (χ2n) is 5.98. The standard InChI is InChI=1S/C14H21N3O4S/c1-9(2)16-22(20,21)12-6-7-13(14(8-12)17(18)19)15-10(3)11-4-5-11/h6-11,15-16H,4-5H2,1-3H3/t10-/m1/s1. The van der Waals surface area contributed by atoms with Crippen LogP contribution in [0, 0.1) is 16.0 Å². The van der Waals surface area contributed by atoms with E-state index < -0.39 is 14.9 Å².